The summed E-state index contributed by atoms with van der Waals surface area (Å²) in [4.78, 5) is 26.8. The van der Waals surface area contributed by atoms with Crippen LogP contribution in [0.4, 0.5) is 0 Å². The lowest BCUT2D eigenvalue weighted by Gasteiger charge is -2.22. The smallest absolute Gasteiger partial charge is 0.312 e. The molecule has 5 heteroatoms. The van der Waals surface area contributed by atoms with Crippen LogP contribution in [-0.2, 0) is 19.1 Å². The number of carbonyl (C=O) groups is 2. The van der Waals surface area contributed by atoms with Crippen LogP contribution in [0.3, 0.4) is 0 Å². The number of carbonyl (C=O) groups excluding carboxylic acids is 2. The van der Waals surface area contributed by atoms with Gasteiger partial charge in [-0.15, -0.1) is 0 Å². The second-order valence-electron chi connectivity index (χ2n) is 6.18. The molecule has 0 unspecified atom stereocenters. The Balaban J connectivity index is 1.78. The minimum atomic E-state index is -0.592. The zero-order valence-corrected chi connectivity index (χ0v) is 12.7. The summed E-state index contributed by atoms with van der Waals surface area (Å²) in [5, 5.41) is 0. The Hall–Kier alpha value is -1.36. The molecule has 116 valence electrons. The molecule has 0 radical (unpaired) electrons. The Morgan fingerprint density at radius 2 is 2.29 bits per heavy atom. The van der Waals surface area contributed by atoms with Gasteiger partial charge in [0, 0.05) is 6.54 Å². The fourth-order valence-corrected chi connectivity index (χ4v) is 3.68. The SMILES string of the molecule is CCCCN1C[C@@]23C=C[C@@H](O2)[C@@H](C(=O)OCCC)[C@H]3C1=O. The van der Waals surface area contributed by atoms with E-state index in [2.05, 4.69) is 6.92 Å². The number of likely N-dealkylation sites (tertiary alicyclic amines) is 1. The van der Waals surface area contributed by atoms with E-state index in [1.54, 1.807) is 0 Å². The third kappa shape index (κ3) is 2.18. The van der Waals surface area contributed by atoms with E-state index in [0.29, 0.717) is 13.2 Å². The van der Waals surface area contributed by atoms with Crippen molar-refractivity contribution in [3.8, 4) is 0 Å². The summed E-state index contributed by atoms with van der Waals surface area (Å²) in [6.07, 6.45) is 6.42. The Bertz CT molecular complexity index is 475. The van der Waals surface area contributed by atoms with Gasteiger partial charge in [-0.2, -0.15) is 0 Å². The molecule has 2 fully saturated rings. The first-order chi connectivity index (χ1) is 10.1. The number of ether oxygens (including phenoxy) is 2. The molecule has 0 aromatic heterocycles. The van der Waals surface area contributed by atoms with Gasteiger partial charge in [-0.25, -0.2) is 0 Å². The maximum absolute atomic E-state index is 12.7. The fraction of sp³-hybridized carbons (Fsp3) is 0.750. The summed E-state index contributed by atoms with van der Waals surface area (Å²) in [6, 6.07) is 0. The molecular weight excluding hydrogens is 270 g/mol. The van der Waals surface area contributed by atoms with Gasteiger partial charge < -0.3 is 14.4 Å². The predicted molar refractivity (Wildman–Crippen MR) is 76.5 cm³/mol. The first-order valence-electron chi connectivity index (χ1n) is 7.95. The van der Waals surface area contributed by atoms with Gasteiger partial charge in [-0.3, -0.25) is 9.59 Å². The second-order valence-corrected chi connectivity index (χ2v) is 6.18. The predicted octanol–water partition coefficient (Wildman–Crippen LogP) is 1.52. The lowest BCUT2D eigenvalue weighted by Crippen LogP contribution is -2.40. The van der Waals surface area contributed by atoms with E-state index in [1.807, 2.05) is 24.0 Å². The van der Waals surface area contributed by atoms with Crippen LogP contribution in [0, 0.1) is 11.8 Å². The summed E-state index contributed by atoms with van der Waals surface area (Å²) in [5.41, 5.74) is -0.592. The van der Waals surface area contributed by atoms with Crippen molar-refractivity contribution in [2.24, 2.45) is 11.8 Å². The Morgan fingerprint density at radius 3 is 3.00 bits per heavy atom. The number of nitrogens with zero attached hydrogens (tertiary/aromatic N) is 1. The molecule has 3 aliphatic rings. The van der Waals surface area contributed by atoms with Crippen LogP contribution >= 0.6 is 0 Å². The number of esters is 1. The maximum atomic E-state index is 12.7. The van der Waals surface area contributed by atoms with Crippen molar-refractivity contribution in [1.29, 1.82) is 0 Å². The molecule has 0 N–H and O–H groups in total. The van der Waals surface area contributed by atoms with Crippen LogP contribution in [0.15, 0.2) is 12.2 Å². The monoisotopic (exact) mass is 293 g/mol. The molecule has 21 heavy (non-hydrogen) atoms. The van der Waals surface area contributed by atoms with Crippen LogP contribution < -0.4 is 0 Å². The van der Waals surface area contributed by atoms with E-state index in [4.69, 9.17) is 9.47 Å². The van der Waals surface area contributed by atoms with Crippen molar-refractivity contribution >= 4 is 11.9 Å². The molecule has 2 bridgehead atoms. The zero-order valence-electron chi connectivity index (χ0n) is 12.7. The molecule has 0 aromatic rings. The molecular formula is C16H23NO4. The molecule has 0 saturated carbocycles. The normalized spacial score (nSPS) is 36.4. The van der Waals surface area contributed by atoms with Gasteiger partial charge in [-0.05, 0) is 12.8 Å². The second kappa shape index (κ2) is 5.44. The summed E-state index contributed by atoms with van der Waals surface area (Å²) < 4.78 is 11.3. The topological polar surface area (TPSA) is 55.8 Å². The summed E-state index contributed by atoms with van der Waals surface area (Å²) in [6.45, 7) is 5.78. The number of fused-ring (bicyclic) bond motifs is 1. The maximum Gasteiger partial charge on any atom is 0.312 e. The Kier molecular flexibility index (Phi) is 3.78. The molecule has 2 saturated heterocycles. The molecule has 1 amide bonds. The standard InChI is InChI=1S/C16H23NO4/c1-3-5-8-17-10-16-7-6-11(21-16)12(13(16)14(17)18)15(19)20-9-4-2/h6-7,11-13H,3-5,8-10H2,1-2H3/t11-,12-,13+,16-/m1/s1. The fourth-order valence-electron chi connectivity index (χ4n) is 3.68. The van der Waals surface area contributed by atoms with E-state index in [9.17, 15) is 9.59 Å². The van der Waals surface area contributed by atoms with Crippen LogP contribution in [-0.4, -0.2) is 48.2 Å². The molecule has 3 rings (SSSR count). The lowest BCUT2D eigenvalue weighted by molar-refractivity contribution is -0.153. The van der Waals surface area contributed by atoms with Gasteiger partial charge in [0.15, 0.2) is 0 Å². The van der Waals surface area contributed by atoms with Gasteiger partial charge >= 0.3 is 5.97 Å². The Morgan fingerprint density at radius 1 is 1.48 bits per heavy atom. The molecule has 1 spiro atoms. The average molecular weight is 293 g/mol. The van der Waals surface area contributed by atoms with Crippen LogP contribution in [0.25, 0.3) is 0 Å². The number of amides is 1. The molecule has 3 aliphatic heterocycles. The summed E-state index contributed by atoms with van der Waals surface area (Å²) >= 11 is 0. The van der Waals surface area contributed by atoms with E-state index in [-0.39, 0.29) is 18.0 Å². The first kappa shape index (κ1) is 14.6. The molecule has 4 atom stereocenters. The van der Waals surface area contributed by atoms with Crippen molar-refractivity contribution in [3.63, 3.8) is 0 Å². The van der Waals surface area contributed by atoms with E-state index < -0.39 is 17.4 Å². The minimum Gasteiger partial charge on any atom is -0.465 e. The van der Waals surface area contributed by atoms with Crippen molar-refractivity contribution in [2.75, 3.05) is 19.7 Å². The highest BCUT2D eigenvalue weighted by Gasteiger charge is 2.67. The van der Waals surface area contributed by atoms with Gasteiger partial charge in [0.1, 0.15) is 11.5 Å². The Labute approximate surface area is 125 Å². The van der Waals surface area contributed by atoms with Gasteiger partial charge in [0.25, 0.3) is 0 Å². The van der Waals surface area contributed by atoms with Crippen molar-refractivity contribution < 1.29 is 19.1 Å². The van der Waals surface area contributed by atoms with Crippen LogP contribution in [0.5, 0.6) is 0 Å². The highest BCUT2D eigenvalue weighted by Crippen LogP contribution is 2.52. The first-order valence-corrected chi connectivity index (χ1v) is 7.95. The van der Waals surface area contributed by atoms with Gasteiger partial charge in [0.05, 0.1) is 25.2 Å². The van der Waals surface area contributed by atoms with E-state index >= 15 is 0 Å². The summed E-state index contributed by atoms with van der Waals surface area (Å²) in [5.74, 6) is -1.10. The number of hydrogen-bond acceptors (Lipinski definition) is 4. The van der Waals surface area contributed by atoms with Crippen LogP contribution in [0.1, 0.15) is 33.1 Å². The zero-order chi connectivity index (χ0) is 15.0. The molecule has 0 aliphatic carbocycles. The van der Waals surface area contributed by atoms with E-state index in [0.717, 1.165) is 25.8 Å². The molecule has 3 heterocycles. The van der Waals surface area contributed by atoms with Gasteiger partial charge in [0.2, 0.25) is 5.91 Å². The van der Waals surface area contributed by atoms with Crippen molar-refractivity contribution in [3.05, 3.63) is 12.2 Å². The van der Waals surface area contributed by atoms with Crippen molar-refractivity contribution in [1.82, 2.24) is 4.90 Å². The third-order valence-corrected chi connectivity index (χ3v) is 4.68. The molecule has 5 nitrogen and oxygen atoms in total. The number of unbranched alkanes of at least 4 members (excludes halogenated alkanes) is 1. The number of hydrogen-bond donors (Lipinski definition) is 0. The summed E-state index contributed by atoms with van der Waals surface area (Å²) in [7, 11) is 0. The van der Waals surface area contributed by atoms with E-state index in [1.165, 1.54) is 0 Å². The minimum absolute atomic E-state index is 0.0498. The quantitative estimate of drug-likeness (QED) is 0.550. The molecule has 0 aromatic carbocycles. The number of rotatable bonds is 6. The highest BCUT2D eigenvalue weighted by atomic mass is 16.6. The lowest BCUT2D eigenvalue weighted by atomic mass is 9.77. The third-order valence-electron chi connectivity index (χ3n) is 4.68. The van der Waals surface area contributed by atoms with Gasteiger partial charge in [-0.1, -0.05) is 32.4 Å². The largest absolute Gasteiger partial charge is 0.465 e. The van der Waals surface area contributed by atoms with Crippen LogP contribution in [0.2, 0.25) is 0 Å². The van der Waals surface area contributed by atoms with Crippen molar-refractivity contribution in [2.45, 2.75) is 44.8 Å². The average Bonchev–Trinajstić information content (AvgIpc) is 3.11. The highest BCUT2D eigenvalue weighted by molar-refractivity contribution is 5.91.